The fraction of sp³-hybridized carbons (Fsp3) is 0.211. The average Bonchev–Trinajstić information content (AvgIpc) is 3.17. The fourth-order valence-electron chi connectivity index (χ4n) is 4.94. The van der Waals surface area contributed by atoms with Crippen molar-refractivity contribution in [2.24, 2.45) is 0 Å². The molecule has 4 rings (SSSR count). The number of benzene rings is 4. The van der Waals surface area contributed by atoms with Crippen LogP contribution in [0.4, 0.5) is 0 Å². The Morgan fingerprint density at radius 2 is 1.26 bits per heavy atom. The van der Waals surface area contributed by atoms with Gasteiger partial charge in [0.05, 0.1) is 9.79 Å². The first-order valence-corrected chi connectivity index (χ1v) is 19.6. The van der Waals surface area contributed by atoms with Gasteiger partial charge < -0.3 is 5.11 Å². The molecule has 0 aromatic heterocycles. The first-order chi connectivity index (χ1) is 25.3. The molecular formula is C38H44N4O9S2. The van der Waals surface area contributed by atoms with Gasteiger partial charge in [0.25, 0.3) is 11.8 Å². The molecule has 2 amide bonds. The molecule has 15 heteroatoms. The average molecular weight is 765 g/mol. The Bertz CT molecular complexity index is 2100. The summed E-state index contributed by atoms with van der Waals surface area (Å²) in [4.78, 5) is 22.3. The van der Waals surface area contributed by atoms with Crippen LogP contribution in [0.3, 0.4) is 0 Å². The largest absolute Gasteiger partial charge is 0.508 e. The predicted octanol–water partition coefficient (Wildman–Crippen LogP) is 4.50. The number of rotatable bonds is 16. The van der Waals surface area contributed by atoms with Crippen molar-refractivity contribution in [1.29, 1.82) is 0 Å². The molecule has 0 aliphatic rings. The number of sulfonamides is 2. The fourth-order valence-corrected chi connectivity index (χ4v) is 7.40. The van der Waals surface area contributed by atoms with Gasteiger partial charge in [0.2, 0.25) is 20.0 Å². The molecule has 4 aromatic rings. The minimum Gasteiger partial charge on any atom is -0.508 e. The smallest absolute Gasteiger partial charge is 0.267 e. The lowest BCUT2D eigenvalue weighted by Crippen LogP contribution is -2.36. The van der Waals surface area contributed by atoms with Crippen LogP contribution in [0, 0.1) is 0 Å². The van der Waals surface area contributed by atoms with Gasteiger partial charge >= 0.3 is 0 Å². The van der Waals surface area contributed by atoms with Crippen molar-refractivity contribution in [1.82, 2.24) is 20.4 Å². The minimum atomic E-state index is -3.70. The molecule has 53 heavy (non-hydrogen) atoms. The summed E-state index contributed by atoms with van der Waals surface area (Å²) in [6.45, 7) is 4.08. The van der Waals surface area contributed by atoms with Crippen molar-refractivity contribution < 1.29 is 41.9 Å². The summed E-state index contributed by atoms with van der Waals surface area (Å²) in [6.07, 6.45) is 7.47. The van der Waals surface area contributed by atoms with E-state index < -0.39 is 31.9 Å². The second kappa shape index (κ2) is 20.8. The van der Waals surface area contributed by atoms with Crippen LogP contribution in [-0.2, 0) is 48.9 Å². The predicted molar refractivity (Wildman–Crippen MR) is 202 cm³/mol. The SMILES string of the molecule is CCC(Cc1ccccc1)NS(=O)(=O)c1cccc(/C=C/C(=O)NO)c1.CCc1cc(CCNS(=O)(=O)c2cccc(/C=C/C(=O)NO)c2)ccc1O. The highest BCUT2D eigenvalue weighted by molar-refractivity contribution is 7.89. The Morgan fingerprint density at radius 3 is 1.79 bits per heavy atom. The zero-order valence-corrected chi connectivity index (χ0v) is 30.9. The highest BCUT2D eigenvalue weighted by Gasteiger charge is 2.20. The monoisotopic (exact) mass is 764 g/mol. The molecule has 0 heterocycles. The highest BCUT2D eigenvalue weighted by atomic mass is 32.2. The molecular weight excluding hydrogens is 721 g/mol. The Kier molecular flexibility index (Phi) is 16.6. The van der Waals surface area contributed by atoms with Gasteiger partial charge in [0.1, 0.15) is 5.75 Å². The van der Waals surface area contributed by atoms with E-state index in [0.29, 0.717) is 36.8 Å². The number of carbonyl (C=O) groups is 2. The van der Waals surface area contributed by atoms with Gasteiger partial charge in [0.15, 0.2) is 0 Å². The molecule has 0 bridgehead atoms. The second-order valence-corrected chi connectivity index (χ2v) is 15.1. The topological polar surface area (TPSA) is 211 Å². The summed E-state index contributed by atoms with van der Waals surface area (Å²) in [5, 5.41) is 26.7. The summed E-state index contributed by atoms with van der Waals surface area (Å²) in [7, 11) is -7.40. The van der Waals surface area contributed by atoms with E-state index in [4.69, 9.17) is 10.4 Å². The maximum absolute atomic E-state index is 12.7. The lowest BCUT2D eigenvalue weighted by atomic mass is 10.1. The summed E-state index contributed by atoms with van der Waals surface area (Å²) in [5.41, 5.74) is 6.80. The molecule has 7 N–H and O–H groups in total. The highest BCUT2D eigenvalue weighted by Crippen LogP contribution is 2.20. The Labute approximate surface area is 310 Å². The van der Waals surface area contributed by atoms with Crippen molar-refractivity contribution in [3.05, 3.63) is 137 Å². The molecule has 1 atom stereocenters. The normalized spacial score (nSPS) is 12.2. The second-order valence-electron chi connectivity index (χ2n) is 11.6. The summed E-state index contributed by atoms with van der Waals surface area (Å²) < 4.78 is 55.6. The lowest BCUT2D eigenvalue weighted by molar-refractivity contribution is -0.124. The first-order valence-electron chi connectivity index (χ1n) is 16.6. The third kappa shape index (κ3) is 14.1. The van der Waals surface area contributed by atoms with Gasteiger partial charge in [-0.05, 0) is 96.0 Å². The molecule has 1 unspecified atom stereocenters. The van der Waals surface area contributed by atoms with E-state index >= 15 is 0 Å². The molecule has 13 nitrogen and oxygen atoms in total. The number of hydrogen-bond acceptors (Lipinski definition) is 9. The number of nitrogens with one attached hydrogen (secondary N) is 4. The third-order valence-electron chi connectivity index (χ3n) is 7.78. The number of hydroxylamine groups is 2. The molecule has 4 aromatic carbocycles. The van der Waals surface area contributed by atoms with Crippen molar-refractivity contribution in [2.45, 2.75) is 55.4 Å². The van der Waals surface area contributed by atoms with Crippen molar-refractivity contribution in [3.63, 3.8) is 0 Å². The Morgan fingerprint density at radius 1 is 0.698 bits per heavy atom. The number of aryl methyl sites for hydroxylation is 1. The van der Waals surface area contributed by atoms with Crippen molar-refractivity contribution in [2.75, 3.05) is 6.54 Å². The lowest BCUT2D eigenvalue weighted by Gasteiger charge is -2.17. The number of amides is 2. The first kappa shape index (κ1) is 42.3. The standard InChI is InChI=1S/C19H22N2O5S.C19H22N2O4S/c1-2-16-12-15(6-8-18(16)22)10-11-20-27(25,26)17-5-3-4-14(13-17)7-9-19(23)21-24;1-2-17(13-15-7-4-3-5-8-15)21-26(24,25)18-10-6-9-16(14-18)11-12-19(22)20-23/h3-9,12-13,20,22,24H,2,10-11H2,1H3,(H,21,23);3-12,14,17,21,23H,2,13H2,1H3,(H,20,22)/b9-7+;12-11+. The number of aromatic hydroxyl groups is 1. The van der Waals surface area contributed by atoms with E-state index in [0.717, 1.165) is 28.8 Å². The van der Waals surface area contributed by atoms with Gasteiger partial charge in [-0.1, -0.05) is 80.6 Å². The third-order valence-corrected chi connectivity index (χ3v) is 10.8. The van der Waals surface area contributed by atoms with Crippen LogP contribution < -0.4 is 20.4 Å². The van der Waals surface area contributed by atoms with Gasteiger partial charge in [0, 0.05) is 24.7 Å². The summed E-state index contributed by atoms with van der Waals surface area (Å²) >= 11 is 0. The Hall–Kier alpha value is -5.16. The van der Waals surface area contributed by atoms with E-state index in [2.05, 4.69) is 9.44 Å². The van der Waals surface area contributed by atoms with Gasteiger partial charge in [-0.15, -0.1) is 0 Å². The number of phenolic OH excluding ortho intramolecular Hbond substituents is 1. The van der Waals surface area contributed by atoms with Gasteiger partial charge in [-0.2, -0.15) is 0 Å². The van der Waals surface area contributed by atoms with E-state index in [1.807, 2.05) is 50.2 Å². The van der Waals surface area contributed by atoms with Crippen LogP contribution in [-0.4, -0.2) is 56.8 Å². The maximum Gasteiger partial charge on any atom is 0.267 e. The number of phenols is 1. The molecule has 0 aliphatic heterocycles. The minimum absolute atomic E-state index is 0.0778. The van der Waals surface area contributed by atoms with Crippen LogP contribution in [0.15, 0.2) is 119 Å². The maximum atomic E-state index is 12.7. The zero-order chi connectivity index (χ0) is 38.9. The van der Waals surface area contributed by atoms with Crippen molar-refractivity contribution >= 4 is 44.0 Å². The summed E-state index contributed by atoms with van der Waals surface area (Å²) in [5.74, 6) is -1.16. The van der Waals surface area contributed by atoms with Crippen LogP contribution in [0.5, 0.6) is 5.75 Å². The van der Waals surface area contributed by atoms with Crippen LogP contribution >= 0.6 is 0 Å². The quantitative estimate of drug-likeness (QED) is 0.0486. The molecule has 282 valence electrons. The zero-order valence-electron chi connectivity index (χ0n) is 29.3. The van der Waals surface area contributed by atoms with E-state index in [1.54, 1.807) is 36.4 Å². The molecule has 0 fully saturated rings. The van der Waals surface area contributed by atoms with E-state index in [1.165, 1.54) is 47.4 Å². The molecule has 0 aliphatic carbocycles. The van der Waals surface area contributed by atoms with E-state index in [9.17, 15) is 31.5 Å². The molecule has 0 saturated heterocycles. The van der Waals surface area contributed by atoms with Crippen molar-refractivity contribution in [3.8, 4) is 5.75 Å². The van der Waals surface area contributed by atoms with Gasteiger partial charge in [-0.25, -0.2) is 37.2 Å². The number of hydrogen-bond donors (Lipinski definition) is 7. The van der Waals surface area contributed by atoms with Crippen LogP contribution in [0.1, 0.15) is 48.1 Å². The molecule has 0 radical (unpaired) electrons. The number of carbonyl (C=O) groups excluding carboxylic acids is 2. The van der Waals surface area contributed by atoms with Crippen LogP contribution in [0.25, 0.3) is 12.2 Å². The summed E-state index contributed by atoms with van der Waals surface area (Å²) in [6, 6.07) is 27.1. The van der Waals surface area contributed by atoms with Gasteiger partial charge in [-0.3, -0.25) is 20.0 Å². The molecule has 0 saturated carbocycles. The van der Waals surface area contributed by atoms with Crippen LogP contribution in [0.2, 0.25) is 0 Å². The molecule has 0 spiro atoms. The Balaban J connectivity index is 0.000000286. The van der Waals surface area contributed by atoms with E-state index in [-0.39, 0.29) is 28.1 Å².